The quantitative estimate of drug-likeness (QED) is 0.506. The summed E-state index contributed by atoms with van der Waals surface area (Å²) in [6, 6.07) is 10.4. The molecule has 3 aromatic rings. The van der Waals surface area contributed by atoms with Crippen LogP contribution in [0.4, 0.5) is 10.1 Å². The number of halogens is 1. The zero-order valence-electron chi connectivity index (χ0n) is 20.1. The molecule has 2 heterocycles. The van der Waals surface area contributed by atoms with Crippen LogP contribution in [0, 0.1) is 5.82 Å². The van der Waals surface area contributed by atoms with Crippen molar-refractivity contribution in [3.63, 3.8) is 0 Å². The summed E-state index contributed by atoms with van der Waals surface area (Å²) < 4.78 is 25.1. The number of nitrogens with zero attached hydrogens (tertiary/aromatic N) is 2. The average Bonchev–Trinajstić information content (AvgIpc) is 3.21. The van der Waals surface area contributed by atoms with E-state index in [0.29, 0.717) is 35.2 Å². The number of nitrogens with one attached hydrogen (secondary N) is 1. The predicted octanol–water partition coefficient (Wildman–Crippen LogP) is 3.38. The van der Waals surface area contributed by atoms with Gasteiger partial charge in [0.25, 0.3) is 11.8 Å². The Labute approximate surface area is 203 Å². The molecule has 2 N–H and O–H groups in total. The molecule has 0 saturated carbocycles. The molecule has 1 atom stereocenters. The Morgan fingerprint density at radius 2 is 2.00 bits per heavy atom. The van der Waals surface area contributed by atoms with Gasteiger partial charge >= 0.3 is 0 Å². The van der Waals surface area contributed by atoms with Crippen molar-refractivity contribution in [2.45, 2.75) is 38.5 Å². The van der Waals surface area contributed by atoms with Gasteiger partial charge in [-0.2, -0.15) is 0 Å². The summed E-state index contributed by atoms with van der Waals surface area (Å²) in [5, 5.41) is 16.3. The third-order valence-corrected chi connectivity index (χ3v) is 8.09. The maximum atomic E-state index is 14.8. The van der Waals surface area contributed by atoms with Crippen LogP contribution >= 0.6 is 0 Å². The lowest BCUT2D eigenvalue weighted by Gasteiger charge is -2.36. The molecule has 1 aliphatic heterocycles. The van der Waals surface area contributed by atoms with Gasteiger partial charge in [0.2, 0.25) is 5.91 Å². The van der Waals surface area contributed by atoms with Crippen molar-refractivity contribution in [1.82, 2.24) is 10.1 Å². The molecule has 184 valence electrons. The summed E-state index contributed by atoms with van der Waals surface area (Å²) in [6.07, 6.45) is 0.367. The minimum atomic E-state index is -1.88. The number of rotatable bonds is 6. The SMILES string of the molecule is COc1ccc2c(c1)CCN(C(=O)Cc1cc(O)no1)C2C(=O)Nc1ccc([Si](C)(C)C)c(F)c1. The van der Waals surface area contributed by atoms with Crippen molar-refractivity contribution in [3.05, 3.63) is 65.2 Å². The first-order valence-corrected chi connectivity index (χ1v) is 14.8. The Hall–Kier alpha value is -3.66. The fourth-order valence-electron chi connectivity index (χ4n) is 4.33. The highest BCUT2D eigenvalue weighted by molar-refractivity contribution is 6.88. The molecule has 0 fully saturated rings. The summed E-state index contributed by atoms with van der Waals surface area (Å²) in [6.45, 7) is 6.44. The van der Waals surface area contributed by atoms with E-state index in [9.17, 15) is 19.1 Å². The molecule has 2 aromatic carbocycles. The molecule has 35 heavy (non-hydrogen) atoms. The van der Waals surface area contributed by atoms with Gasteiger partial charge in [-0.1, -0.05) is 31.8 Å². The maximum absolute atomic E-state index is 14.8. The smallest absolute Gasteiger partial charge is 0.251 e. The van der Waals surface area contributed by atoms with E-state index in [-0.39, 0.29) is 29.8 Å². The number of carbonyl (C=O) groups excluding carboxylic acids is 2. The monoisotopic (exact) mass is 497 g/mol. The molecule has 0 aliphatic carbocycles. The summed E-state index contributed by atoms with van der Waals surface area (Å²) >= 11 is 0. The molecule has 8 nitrogen and oxygen atoms in total. The van der Waals surface area contributed by atoms with Crippen LogP contribution < -0.4 is 15.2 Å². The van der Waals surface area contributed by atoms with Crippen LogP contribution in [0.3, 0.4) is 0 Å². The van der Waals surface area contributed by atoms with Gasteiger partial charge in [-0.25, -0.2) is 4.39 Å². The maximum Gasteiger partial charge on any atom is 0.251 e. The molecule has 1 aliphatic rings. The van der Waals surface area contributed by atoms with E-state index in [1.165, 1.54) is 17.0 Å². The van der Waals surface area contributed by atoms with Gasteiger partial charge in [0, 0.05) is 18.3 Å². The molecular weight excluding hydrogens is 469 g/mol. The van der Waals surface area contributed by atoms with Crippen molar-refractivity contribution in [2.24, 2.45) is 0 Å². The highest BCUT2D eigenvalue weighted by Crippen LogP contribution is 2.34. The Kier molecular flexibility index (Phi) is 6.66. The minimum absolute atomic E-state index is 0.164. The minimum Gasteiger partial charge on any atom is -0.497 e. The van der Waals surface area contributed by atoms with E-state index < -0.39 is 20.0 Å². The fraction of sp³-hybridized carbons (Fsp3) is 0.320. The third-order valence-electron chi connectivity index (χ3n) is 6.06. The first kappa shape index (κ1) is 24.5. The second-order valence-electron chi connectivity index (χ2n) is 9.57. The average molecular weight is 498 g/mol. The lowest BCUT2D eigenvalue weighted by molar-refractivity contribution is -0.139. The molecule has 0 spiro atoms. The molecule has 1 unspecified atom stereocenters. The van der Waals surface area contributed by atoms with Crippen molar-refractivity contribution in [1.29, 1.82) is 0 Å². The number of benzene rings is 2. The summed E-state index contributed by atoms with van der Waals surface area (Å²) in [5.74, 6) is -0.635. The van der Waals surface area contributed by atoms with Crippen LogP contribution in [-0.4, -0.2) is 48.7 Å². The number of hydrogen-bond donors (Lipinski definition) is 2. The van der Waals surface area contributed by atoms with Crippen LogP contribution in [-0.2, 0) is 22.4 Å². The van der Waals surface area contributed by atoms with Crippen molar-refractivity contribution >= 4 is 30.8 Å². The molecule has 0 saturated heterocycles. The Morgan fingerprint density at radius 3 is 2.63 bits per heavy atom. The summed E-state index contributed by atoms with van der Waals surface area (Å²) in [7, 11) is -0.310. The molecule has 10 heteroatoms. The molecule has 2 amide bonds. The zero-order chi connectivity index (χ0) is 25.3. The lowest BCUT2D eigenvalue weighted by Crippen LogP contribution is -2.46. The number of carbonyl (C=O) groups is 2. The molecular formula is C25H28FN3O5Si. The van der Waals surface area contributed by atoms with E-state index >= 15 is 0 Å². The van der Waals surface area contributed by atoms with Gasteiger partial charge in [0.05, 0.1) is 21.6 Å². The van der Waals surface area contributed by atoms with Crippen molar-refractivity contribution in [2.75, 3.05) is 19.0 Å². The topological polar surface area (TPSA) is 105 Å². The highest BCUT2D eigenvalue weighted by atomic mass is 28.3. The van der Waals surface area contributed by atoms with Gasteiger partial charge in [-0.05, 0) is 52.2 Å². The van der Waals surface area contributed by atoms with Gasteiger partial charge in [0.15, 0.2) is 0 Å². The largest absolute Gasteiger partial charge is 0.497 e. The van der Waals surface area contributed by atoms with Gasteiger partial charge in [-0.3, -0.25) is 9.59 Å². The molecule has 4 rings (SSSR count). The zero-order valence-corrected chi connectivity index (χ0v) is 21.1. The van der Waals surface area contributed by atoms with E-state index in [0.717, 1.165) is 5.56 Å². The predicted molar refractivity (Wildman–Crippen MR) is 131 cm³/mol. The summed E-state index contributed by atoms with van der Waals surface area (Å²) in [5.41, 5.74) is 1.89. The number of hydrogen-bond acceptors (Lipinski definition) is 6. The van der Waals surface area contributed by atoms with Gasteiger partial charge in [0.1, 0.15) is 23.4 Å². The van der Waals surface area contributed by atoms with Crippen LogP contribution in [0.5, 0.6) is 11.6 Å². The number of fused-ring (bicyclic) bond motifs is 1. The third kappa shape index (κ3) is 5.22. The first-order valence-electron chi connectivity index (χ1n) is 11.3. The first-order chi connectivity index (χ1) is 16.6. The van der Waals surface area contributed by atoms with E-state index in [2.05, 4.69) is 30.1 Å². The number of amides is 2. The molecule has 0 bridgehead atoms. The van der Waals surface area contributed by atoms with E-state index in [1.54, 1.807) is 31.4 Å². The molecule has 1 aromatic heterocycles. The van der Waals surface area contributed by atoms with Crippen molar-refractivity contribution in [3.8, 4) is 11.6 Å². The second kappa shape index (κ2) is 9.53. The van der Waals surface area contributed by atoms with Crippen molar-refractivity contribution < 1.29 is 28.3 Å². The number of ether oxygens (including phenoxy) is 1. The number of aromatic nitrogens is 1. The van der Waals surface area contributed by atoms with Crippen LogP contribution in [0.2, 0.25) is 19.6 Å². The van der Waals surface area contributed by atoms with E-state index in [1.807, 2.05) is 6.07 Å². The normalized spacial score (nSPS) is 15.5. The Morgan fingerprint density at radius 1 is 1.23 bits per heavy atom. The number of anilines is 1. The number of methoxy groups -OCH3 is 1. The number of aromatic hydroxyl groups is 1. The van der Waals surface area contributed by atoms with E-state index in [4.69, 9.17) is 9.26 Å². The summed E-state index contributed by atoms with van der Waals surface area (Å²) in [4.78, 5) is 28.2. The Bertz CT molecular complexity index is 1270. The van der Waals surface area contributed by atoms with Crippen LogP contribution in [0.25, 0.3) is 0 Å². The fourth-order valence-corrected chi connectivity index (χ4v) is 5.70. The Balaban J connectivity index is 1.65. The van der Waals surface area contributed by atoms with Gasteiger partial charge in [-0.15, -0.1) is 0 Å². The van der Waals surface area contributed by atoms with Crippen LogP contribution in [0.1, 0.15) is 22.9 Å². The second-order valence-corrected chi connectivity index (χ2v) is 14.6. The van der Waals surface area contributed by atoms with Crippen LogP contribution in [0.15, 0.2) is 47.0 Å². The molecule has 0 radical (unpaired) electrons. The van der Waals surface area contributed by atoms with Gasteiger partial charge < -0.3 is 24.6 Å². The highest BCUT2D eigenvalue weighted by Gasteiger charge is 2.36. The standard InChI is InChI=1S/C25H28FN3O5Si/c1-33-17-6-7-19-15(11-17)9-10-29(23(31)14-18-13-22(30)28-34-18)24(19)25(32)27-16-5-8-21(20(26)12-16)35(2,3)4/h5-8,11-13,24H,9-10,14H2,1-4H3,(H,27,32)(H,28,30). The lowest BCUT2D eigenvalue weighted by atomic mass is 9.91.